The lowest BCUT2D eigenvalue weighted by Gasteiger charge is -2.04. The smallest absolute Gasteiger partial charge is 0.254 e. The Kier molecular flexibility index (Phi) is 4.21. The predicted octanol–water partition coefficient (Wildman–Crippen LogP) is -0.771. The Labute approximate surface area is 107 Å². The van der Waals surface area contributed by atoms with Gasteiger partial charge in [0.2, 0.25) is 5.91 Å². The van der Waals surface area contributed by atoms with E-state index in [1.54, 1.807) is 6.07 Å². The summed E-state index contributed by atoms with van der Waals surface area (Å²) in [6.45, 7) is 0.438. The van der Waals surface area contributed by atoms with Crippen molar-refractivity contribution in [2.24, 2.45) is 0 Å². The minimum atomic E-state index is -0.278. The van der Waals surface area contributed by atoms with Crippen LogP contribution in [0.25, 0.3) is 0 Å². The van der Waals surface area contributed by atoms with E-state index in [0.717, 1.165) is 0 Å². The van der Waals surface area contributed by atoms with E-state index in [4.69, 9.17) is 4.42 Å². The third kappa shape index (κ3) is 3.91. The summed E-state index contributed by atoms with van der Waals surface area (Å²) in [4.78, 5) is 22.9. The molecule has 0 saturated carbocycles. The number of amides is 2. The van der Waals surface area contributed by atoms with Gasteiger partial charge in [0.25, 0.3) is 5.91 Å². The van der Waals surface area contributed by atoms with E-state index in [9.17, 15) is 9.59 Å². The zero-order valence-electron chi connectivity index (χ0n) is 9.92. The highest BCUT2D eigenvalue weighted by molar-refractivity contribution is 5.93. The molecule has 2 heterocycles. The summed E-state index contributed by atoms with van der Waals surface area (Å²) >= 11 is 0. The van der Waals surface area contributed by atoms with Crippen molar-refractivity contribution in [3.05, 3.63) is 30.0 Å². The van der Waals surface area contributed by atoms with E-state index in [2.05, 4.69) is 31.3 Å². The maximum Gasteiger partial charge on any atom is 0.254 e. The lowest BCUT2D eigenvalue weighted by Crippen LogP contribution is -2.30. The first-order valence-electron chi connectivity index (χ1n) is 5.55. The summed E-state index contributed by atoms with van der Waals surface area (Å²) in [7, 11) is 0. The van der Waals surface area contributed by atoms with Crippen molar-refractivity contribution >= 4 is 11.8 Å². The number of aromatic nitrogens is 4. The average Bonchev–Trinajstić information content (AvgIpc) is 3.09. The molecule has 3 N–H and O–H groups in total. The molecule has 0 atom stereocenters. The van der Waals surface area contributed by atoms with E-state index >= 15 is 0 Å². The first kappa shape index (κ1) is 12.7. The molecule has 0 spiro atoms. The van der Waals surface area contributed by atoms with Gasteiger partial charge in [0.05, 0.1) is 18.4 Å². The van der Waals surface area contributed by atoms with Crippen LogP contribution in [0, 0.1) is 0 Å². The average molecular weight is 264 g/mol. The van der Waals surface area contributed by atoms with Crippen LogP contribution in [0.4, 0.5) is 0 Å². The van der Waals surface area contributed by atoms with Gasteiger partial charge in [-0.15, -0.1) is 10.2 Å². The topological polar surface area (TPSA) is 126 Å². The van der Waals surface area contributed by atoms with Gasteiger partial charge in [-0.2, -0.15) is 5.21 Å². The summed E-state index contributed by atoms with van der Waals surface area (Å²) in [5, 5.41) is 18.2. The number of tetrazole rings is 1. The maximum absolute atomic E-state index is 11.5. The van der Waals surface area contributed by atoms with Gasteiger partial charge < -0.3 is 15.1 Å². The van der Waals surface area contributed by atoms with Crippen LogP contribution < -0.4 is 10.6 Å². The van der Waals surface area contributed by atoms with Crippen LogP contribution >= 0.6 is 0 Å². The number of carbonyl (C=O) groups excluding carboxylic acids is 2. The molecule has 2 aromatic rings. The van der Waals surface area contributed by atoms with E-state index in [0.29, 0.717) is 11.4 Å². The van der Waals surface area contributed by atoms with Crippen molar-refractivity contribution in [3.63, 3.8) is 0 Å². The Bertz CT molecular complexity index is 521. The molecule has 0 aliphatic rings. The number of hydrogen-bond donors (Lipinski definition) is 3. The summed E-state index contributed by atoms with van der Waals surface area (Å²) in [5.74, 6) is -0.0900. The molecule has 9 heteroatoms. The van der Waals surface area contributed by atoms with Gasteiger partial charge in [0, 0.05) is 13.0 Å². The molecule has 0 radical (unpaired) electrons. The van der Waals surface area contributed by atoms with Crippen LogP contribution in [0.5, 0.6) is 0 Å². The van der Waals surface area contributed by atoms with Gasteiger partial charge in [-0.25, -0.2) is 0 Å². The van der Waals surface area contributed by atoms with Crippen LogP contribution in [0.15, 0.2) is 23.0 Å². The Morgan fingerprint density at radius 1 is 1.37 bits per heavy atom. The Balaban J connectivity index is 1.63. The molecule has 0 aliphatic carbocycles. The molecular weight excluding hydrogens is 252 g/mol. The Morgan fingerprint density at radius 2 is 2.26 bits per heavy atom. The van der Waals surface area contributed by atoms with Crippen molar-refractivity contribution in [1.29, 1.82) is 0 Å². The first-order valence-corrected chi connectivity index (χ1v) is 5.55. The molecule has 2 rings (SSSR count). The third-order valence-electron chi connectivity index (χ3n) is 2.25. The van der Waals surface area contributed by atoms with Crippen LogP contribution in [-0.2, 0) is 11.3 Å². The van der Waals surface area contributed by atoms with E-state index in [1.165, 1.54) is 12.5 Å². The van der Waals surface area contributed by atoms with Crippen LogP contribution in [0.3, 0.4) is 0 Å². The maximum atomic E-state index is 11.5. The zero-order valence-corrected chi connectivity index (χ0v) is 9.92. The fourth-order valence-corrected chi connectivity index (χ4v) is 1.31. The summed E-state index contributed by atoms with van der Waals surface area (Å²) < 4.78 is 4.78. The van der Waals surface area contributed by atoms with E-state index in [1.807, 2.05) is 0 Å². The molecule has 0 bridgehead atoms. The molecule has 2 amide bonds. The SMILES string of the molecule is O=C(CCNC(=O)c1ccoc1)NCc1nn[nH]n1. The number of H-pyrrole nitrogens is 1. The van der Waals surface area contributed by atoms with Crippen molar-refractivity contribution < 1.29 is 14.0 Å². The molecule has 0 saturated heterocycles. The Hall–Kier alpha value is -2.71. The summed E-state index contributed by atoms with van der Waals surface area (Å²) in [6, 6.07) is 1.55. The standard InChI is InChI=1S/C10H12N6O3/c17-9(12-5-8-13-15-16-14-8)1-3-11-10(18)7-2-4-19-6-7/h2,4,6H,1,3,5H2,(H,11,18)(H,12,17)(H,13,14,15,16). The van der Waals surface area contributed by atoms with Gasteiger partial charge in [0.15, 0.2) is 5.82 Å². The predicted molar refractivity (Wildman–Crippen MR) is 61.7 cm³/mol. The second-order valence-electron chi connectivity index (χ2n) is 3.62. The van der Waals surface area contributed by atoms with Crippen molar-refractivity contribution in [2.45, 2.75) is 13.0 Å². The third-order valence-corrected chi connectivity index (χ3v) is 2.25. The number of rotatable bonds is 6. The highest BCUT2D eigenvalue weighted by atomic mass is 16.3. The number of furan rings is 1. The van der Waals surface area contributed by atoms with Gasteiger partial charge in [-0.3, -0.25) is 9.59 Å². The molecule has 19 heavy (non-hydrogen) atoms. The first-order chi connectivity index (χ1) is 9.25. The molecule has 0 aromatic carbocycles. The van der Waals surface area contributed by atoms with Gasteiger partial charge in [0.1, 0.15) is 6.26 Å². The fourth-order valence-electron chi connectivity index (χ4n) is 1.31. The molecular formula is C10H12N6O3. The summed E-state index contributed by atoms with van der Waals surface area (Å²) in [5.41, 5.74) is 0.423. The molecule has 0 unspecified atom stereocenters. The number of carbonyl (C=O) groups is 2. The summed E-state index contributed by atoms with van der Waals surface area (Å²) in [6.07, 6.45) is 2.92. The Morgan fingerprint density at radius 3 is 2.95 bits per heavy atom. The molecule has 9 nitrogen and oxygen atoms in total. The van der Waals surface area contributed by atoms with Gasteiger partial charge >= 0.3 is 0 Å². The highest BCUT2D eigenvalue weighted by Gasteiger charge is 2.08. The fraction of sp³-hybridized carbons (Fsp3) is 0.300. The molecule has 100 valence electrons. The number of nitrogens with zero attached hydrogens (tertiary/aromatic N) is 3. The minimum absolute atomic E-state index is 0.168. The largest absolute Gasteiger partial charge is 0.472 e. The second-order valence-corrected chi connectivity index (χ2v) is 3.62. The van der Waals surface area contributed by atoms with Crippen molar-refractivity contribution in [1.82, 2.24) is 31.3 Å². The lowest BCUT2D eigenvalue weighted by atomic mass is 10.3. The highest BCUT2D eigenvalue weighted by Crippen LogP contribution is 1.98. The molecule has 2 aromatic heterocycles. The quantitative estimate of drug-likeness (QED) is 0.629. The number of nitrogens with one attached hydrogen (secondary N) is 3. The number of aromatic amines is 1. The molecule has 0 aliphatic heterocycles. The van der Waals surface area contributed by atoms with Gasteiger partial charge in [-0.05, 0) is 6.07 Å². The molecule has 0 fully saturated rings. The normalized spacial score (nSPS) is 10.1. The zero-order chi connectivity index (χ0) is 13.5. The van der Waals surface area contributed by atoms with Crippen LogP contribution in [0.1, 0.15) is 22.6 Å². The van der Waals surface area contributed by atoms with E-state index in [-0.39, 0.29) is 31.3 Å². The van der Waals surface area contributed by atoms with Crippen molar-refractivity contribution in [2.75, 3.05) is 6.54 Å². The lowest BCUT2D eigenvalue weighted by molar-refractivity contribution is -0.121. The van der Waals surface area contributed by atoms with Gasteiger partial charge in [-0.1, -0.05) is 5.21 Å². The minimum Gasteiger partial charge on any atom is -0.472 e. The van der Waals surface area contributed by atoms with Crippen LogP contribution in [0.2, 0.25) is 0 Å². The monoisotopic (exact) mass is 264 g/mol. The number of hydrogen-bond acceptors (Lipinski definition) is 6. The van der Waals surface area contributed by atoms with Crippen molar-refractivity contribution in [3.8, 4) is 0 Å². The second kappa shape index (κ2) is 6.28. The van der Waals surface area contributed by atoms with E-state index < -0.39 is 0 Å². The van der Waals surface area contributed by atoms with Crippen LogP contribution in [-0.4, -0.2) is 39.0 Å².